The van der Waals surface area contributed by atoms with Crippen LogP contribution in [0.25, 0.3) is 0 Å². The molecule has 2 heterocycles. The molecule has 0 aliphatic carbocycles. The van der Waals surface area contributed by atoms with Gasteiger partial charge in [-0.25, -0.2) is 4.99 Å². The first-order chi connectivity index (χ1) is 15.5. The number of nitrogens with zero attached hydrogens (tertiary/aromatic N) is 3. The van der Waals surface area contributed by atoms with Crippen molar-refractivity contribution in [3.05, 3.63) is 17.7 Å². The third-order valence-corrected chi connectivity index (χ3v) is 5.78. The number of amides is 1. The maximum atomic E-state index is 13.1. The third-order valence-electron chi connectivity index (χ3n) is 5.78. The lowest BCUT2D eigenvalue weighted by Gasteiger charge is -2.38. The Hall–Kier alpha value is -3.01. The van der Waals surface area contributed by atoms with Crippen LogP contribution < -0.4 is 19.5 Å². The van der Waals surface area contributed by atoms with Gasteiger partial charge in [-0.1, -0.05) is 6.92 Å². The van der Waals surface area contributed by atoms with Crippen LogP contribution in [0.15, 0.2) is 17.1 Å². The molecule has 1 aromatic rings. The standard InChI is InChI=1S/C22H32N4O6/c1-6-25-8-10-26(11-9-25)22-23-18(17(20(27)24-22)21(28)32-7-2)14-12-15(29-3)19(31-5)16(13-14)30-4/h12-13,17-18H,6-11H2,1-5H3,(H,23,24,27)/t17-,18+/m1/s1. The summed E-state index contributed by atoms with van der Waals surface area (Å²) in [7, 11) is 4.54. The van der Waals surface area contributed by atoms with Gasteiger partial charge in [-0.3, -0.25) is 14.9 Å². The summed E-state index contributed by atoms with van der Waals surface area (Å²) < 4.78 is 21.5. The quantitative estimate of drug-likeness (QED) is 0.488. The molecular weight excluding hydrogens is 416 g/mol. The number of carbonyl (C=O) groups excluding carboxylic acids is 2. The molecule has 2 atom stereocenters. The van der Waals surface area contributed by atoms with Gasteiger partial charge in [0.25, 0.3) is 0 Å². The van der Waals surface area contributed by atoms with Crippen LogP contribution >= 0.6 is 0 Å². The van der Waals surface area contributed by atoms with Gasteiger partial charge in [0.1, 0.15) is 6.04 Å². The lowest BCUT2D eigenvalue weighted by atomic mass is 9.90. The number of methoxy groups -OCH3 is 3. The van der Waals surface area contributed by atoms with E-state index in [4.69, 9.17) is 23.9 Å². The number of carbonyl (C=O) groups is 2. The third kappa shape index (κ3) is 4.74. The van der Waals surface area contributed by atoms with Crippen molar-refractivity contribution < 1.29 is 28.5 Å². The number of hydrogen-bond acceptors (Lipinski definition) is 9. The summed E-state index contributed by atoms with van der Waals surface area (Å²) in [4.78, 5) is 35.0. The van der Waals surface area contributed by atoms with Crippen molar-refractivity contribution in [3.63, 3.8) is 0 Å². The molecule has 0 radical (unpaired) electrons. The van der Waals surface area contributed by atoms with Crippen LogP contribution in [0.2, 0.25) is 0 Å². The molecule has 1 saturated heterocycles. The van der Waals surface area contributed by atoms with E-state index in [0.717, 1.165) is 32.7 Å². The Balaban J connectivity index is 2.04. The number of rotatable bonds is 7. The fraction of sp³-hybridized carbons (Fsp3) is 0.591. The number of aliphatic imine (C=N–C) groups is 1. The Bertz CT molecular complexity index is 841. The normalized spacial score (nSPS) is 21.5. The van der Waals surface area contributed by atoms with Crippen molar-refractivity contribution in [1.82, 2.24) is 15.1 Å². The molecule has 0 bridgehead atoms. The molecule has 1 fully saturated rings. The second-order valence-corrected chi connectivity index (χ2v) is 7.50. The van der Waals surface area contributed by atoms with Crippen LogP contribution in [-0.4, -0.2) is 88.3 Å². The SMILES string of the molecule is CCOC(=O)[C@H]1C(=O)NC(N2CCN(CC)CC2)=N[C@H]1c1cc(OC)c(OC)c(OC)c1. The molecule has 0 aromatic heterocycles. The number of piperazine rings is 1. The van der Waals surface area contributed by atoms with Gasteiger partial charge in [-0.05, 0) is 31.2 Å². The highest BCUT2D eigenvalue weighted by atomic mass is 16.5. The zero-order valence-electron chi connectivity index (χ0n) is 19.3. The second kappa shape index (κ2) is 10.5. The average Bonchev–Trinajstić information content (AvgIpc) is 2.82. The Morgan fingerprint density at radius 2 is 1.69 bits per heavy atom. The van der Waals surface area contributed by atoms with Gasteiger partial charge in [-0.15, -0.1) is 0 Å². The highest BCUT2D eigenvalue weighted by Gasteiger charge is 2.42. The molecule has 32 heavy (non-hydrogen) atoms. The zero-order chi connectivity index (χ0) is 23.3. The van der Waals surface area contributed by atoms with Crippen molar-refractivity contribution >= 4 is 17.8 Å². The van der Waals surface area contributed by atoms with Crippen molar-refractivity contribution in [2.24, 2.45) is 10.9 Å². The highest BCUT2D eigenvalue weighted by molar-refractivity contribution is 6.08. The predicted molar refractivity (Wildman–Crippen MR) is 118 cm³/mol. The number of hydrogen-bond donors (Lipinski definition) is 1. The minimum atomic E-state index is -1.13. The fourth-order valence-corrected chi connectivity index (χ4v) is 4.01. The number of nitrogens with one attached hydrogen (secondary N) is 1. The number of guanidine groups is 1. The zero-order valence-corrected chi connectivity index (χ0v) is 19.3. The predicted octanol–water partition coefficient (Wildman–Crippen LogP) is 1.06. The molecule has 2 aliphatic heterocycles. The Kier molecular flexibility index (Phi) is 7.79. The van der Waals surface area contributed by atoms with E-state index in [1.54, 1.807) is 19.1 Å². The maximum Gasteiger partial charge on any atom is 0.321 e. The van der Waals surface area contributed by atoms with Crippen molar-refractivity contribution in [2.45, 2.75) is 19.9 Å². The lowest BCUT2D eigenvalue weighted by Crippen LogP contribution is -2.57. The van der Waals surface area contributed by atoms with Gasteiger partial charge in [0.15, 0.2) is 17.4 Å². The molecule has 10 nitrogen and oxygen atoms in total. The molecule has 1 N–H and O–H groups in total. The second-order valence-electron chi connectivity index (χ2n) is 7.50. The van der Waals surface area contributed by atoms with E-state index in [1.165, 1.54) is 21.3 Å². The number of ether oxygens (including phenoxy) is 4. The number of likely N-dealkylation sites (N-methyl/N-ethyl adjacent to an activating group) is 1. The van der Waals surface area contributed by atoms with Crippen molar-refractivity contribution in [3.8, 4) is 17.2 Å². The molecule has 2 aliphatic rings. The number of esters is 1. The molecule has 1 aromatic carbocycles. The van der Waals surface area contributed by atoms with E-state index >= 15 is 0 Å². The molecule has 0 spiro atoms. The van der Waals surface area contributed by atoms with Gasteiger partial charge in [-0.2, -0.15) is 0 Å². The lowest BCUT2D eigenvalue weighted by molar-refractivity contribution is -0.153. The van der Waals surface area contributed by atoms with Gasteiger partial charge >= 0.3 is 5.97 Å². The maximum absolute atomic E-state index is 13.1. The Labute approximate surface area is 188 Å². The van der Waals surface area contributed by atoms with Crippen LogP contribution in [0, 0.1) is 5.92 Å². The molecular formula is C22H32N4O6. The smallest absolute Gasteiger partial charge is 0.321 e. The van der Waals surface area contributed by atoms with E-state index in [9.17, 15) is 9.59 Å². The van der Waals surface area contributed by atoms with Crippen LogP contribution in [0.5, 0.6) is 17.2 Å². The first-order valence-corrected chi connectivity index (χ1v) is 10.8. The Morgan fingerprint density at radius 3 is 2.19 bits per heavy atom. The topological polar surface area (TPSA) is 102 Å². The largest absolute Gasteiger partial charge is 0.493 e. The van der Waals surface area contributed by atoms with Crippen molar-refractivity contribution in [2.75, 3.05) is 60.7 Å². The van der Waals surface area contributed by atoms with E-state index in [2.05, 4.69) is 17.1 Å². The fourth-order valence-electron chi connectivity index (χ4n) is 4.01. The summed E-state index contributed by atoms with van der Waals surface area (Å²) in [6.45, 7) is 8.20. The molecule has 10 heteroatoms. The minimum Gasteiger partial charge on any atom is -0.493 e. The molecule has 3 rings (SSSR count). The molecule has 1 amide bonds. The van der Waals surface area contributed by atoms with Gasteiger partial charge < -0.3 is 28.7 Å². The van der Waals surface area contributed by atoms with Crippen LogP contribution in [0.1, 0.15) is 25.5 Å². The van der Waals surface area contributed by atoms with Gasteiger partial charge in [0, 0.05) is 26.2 Å². The van der Waals surface area contributed by atoms with Crippen LogP contribution in [0.4, 0.5) is 0 Å². The summed E-state index contributed by atoms with van der Waals surface area (Å²) >= 11 is 0. The summed E-state index contributed by atoms with van der Waals surface area (Å²) in [5.41, 5.74) is 0.595. The number of benzene rings is 1. The van der Waals surface area contributed by atoms with E-state index in [-0.39, 0.29) is 6.61 Å². The summed E-state index contributed by atoms with van der Waals surface area (Å²) in [5, 5.41) is 2.82. The van der Waals surface area contributed by atoms with Crippen LogP contribution in [0.3, 0.4) is 0 Å². The average molecular weight is 449 g/mol. The van der Waals surface area contributed by atoms with E-state index in [1.807, 2.05) is 4.90 Å². The highest BCUT2D eigenvalue weighted by Crippen LogP contribution is 2.42. The summed E-state index contributed by atoms with van der Waals surface area (Å²) in [6.07, 6.45) is 0. The first kappa shape index (κ1) is 23.6. The van der Waals surface area contributed by atoms with E-state index < -0.39 is 23.8 Å². The monoisotopic (exact) mass is 448 g/mol. The van der Waals surface area contributed by atoms with E-state index in [0.29, 0.717) is 28.8 Å². The molecule has 0 saturated carbocycles. The van der Waals surface area contributed by atoms with Crippen LogP contribution in [-0.2, 0) is 14.3 Å². The minimum absolute atomic E-state index is 0.167. The van der Waals surface area contributed by atoms with Gasteiger partial charge in [0.2, 0.25) is 17.6 Å². The van der Waals surface area contributed by atoms with Gasteiger partial charge in [0.05, 0.1) is 27.9 Å². The first-order valence-electron chi connectivity index (χ1n) is 10.8. The van der Waals surface area contributed by atoms with Crippen molar-refractivity contribution in [1.29, 1.82) is 0 Å². The summed E-state index contributed by atoms with van der Waals surface area (Å²) in [5.74, 6) is -0.463. The summed E-state index contributed by atoms with van der Waals surface area (Å²) in [6, 6.07) is 2.63. The molecule has 0 unspecified atom stereocenters. The molecule has 176 valence electrons. The Morgan fingerprint density at radius 1 is 1.06 bits per heavy atom.